The third kappa shape index (κ3) is 2.99. The standard InChI is InChI=1S/C12H16N5O6P/c1-20-24(19,21-2)6-22-8-4-3-7(23-8)12-16-11-9(14-5-15-11)10(13)17(12)18/h3-5,7-8H,6,13H2,1-2H3,(H,14,15,16). The van der Waals surface area contributed by atoms with Crippen molar-refractivity contribution in [1.82, 2.24) is 15.0 Å². The third-order valence-electron chi connectivity index (χ3n) is 3.45. The first-order valence-electron chi connectivity index (χ1n) is 6.85. The number of nitrogens with zero attached hydrogens (tertiary/aromatic N) is 3. The van der Waals surface area contributed by atoms with Gasteiger partial charge in [-0.3, -0.25) is 4.57 Å². The van der Waals surface area contributed by atoms with E-state index >= 15 is 0 Å². The summed E-state index contributed by atoms with van der Waals surface area (Å²) in [6.45, 7) is 0. The number of nitrogens with one attached hydrogen (secondary N) is 1. The number of aromatic amines is 1. The molecule has 1 aliphatic heterocycles. The van der Waals surface area contributed by atoms with E-state index in [4.69, 9.17) is 24.3 Å². The van der Waals surface area contributed by atoms with Crippen molar-refractivity contribution in [3.8, 4) is 0 Å². The van der Waals surface area contributed by atoms with E-state index in [-0.39, 0.29) is 18.0 Å². The molecule has 0 amide bonds. The van der Waals surface area contributed by atoms with Gasteiger partial charge in [-0.05, 0) is 12.2 Å². The number of nitrogens with two attached hydrogens (primary N) is 1. The maximum absolute atomic E-state index is 12.2. The zero-order valence-corrected chi connectivity index (χ0v) is 13.8. The molecule has 0 aromatic carbocycles. The van der Waals surface area contributed by atoms with Crippen LogP contribution in [0.5, 0.6) is 0 Å². The molecule has 2 aromatic rings. The summed E-state index contributed by atoms with van der Waals surface area (Å²) in [5.41, 5.74) is 6.43. The molecular formula is C12H16N5O6P. The molecule has 3 rings (SSSR count). The molecule has 0 saturated heterocycles. The Morgan fingerprint density at radius 2 is 2.21 bits per heavy atom. The second kappa shape index (κ2) is 6.46. The van der Waals surface area contributed by atoms with Gasteiger partial charge in [0.15, 0.2) is 24.3 Å². The van der Waals surface area contributed by atoms with Crippen LogP contribution in [-0.2, 0) is 23.1 Å². The van der Waals surface area contributed by atoms with Gasteiger partial charge in [0.05, 0.1) is 6.33 Å². The summed E-state index contributed by atoms with van der Waals surface area (Å²) in [6, 6.07) is 0. The van der Waals surface area contributed by atoms with Crippen molar-refractivity contribution in [1.29, 1.82) is 0 Å². The highest BCUT2D eigenvalue weighted by atomic mass is 31.2. The maximum Gasteiger partial charge on any atom is 0.355 e. The topological polar surface area (TPSA) is 149 Å². The molecule has 0 fully saturated rings. The normalized spacial score (nSPS) is 20.9. The number of aromatic nitrogens is 4. The summed E-state index contributed by atoms with van der Waals surface area (Å²) in [5.74, 6) is -0.0340. The van der Waals surface area contributed by atoms with E-state index in [0.717, 1.165) is 0 Å². The Kier molecular flexibility index (Phi) is 4.52. The molecule has 2 unspecified atom stereocenters. The van der Waals surface area contributed by atoms with Crippen LogP contribution in [0.1, 0.15) is 11.9 Å². The first kappa shape index (κ1) is 16.8. The van der Waals surface area contributed by atoms with Crippen LogP contribution in [0.4, 0.5) is 5.82 Å². The van der Waals surface area contributed by atoms with E-state index in [9.17, 15) is 9.77 Å². The predicted molar refractivity (Wildman–Crippen MR) is 81.6 cm³/mol. The van der Waals surface area contributed by atoms with Gasteiger partial charge in [0.1, 0.15) is 0 Å². The Morgan fingerprint density at radius 3 is 2.92 bits per heavy atom. The number of nitrogen functional groups attached to an aromatic ring is 1. The lowest BCUT2D eigenvalue weighted by atomic mass is 10.3. The quantitative estimate of drug-likeness (QED) is 0.328. The van der Waals surface area contributed by atoms with Gasteiger partial charge in [-0.25, -0.2) is 9.71 Å². The number of imidazole rings is 1. The Balaban J connectivity index is 1.74. The van der Waals surface area contributed by atoms with Crippen LogP contribution in [0.25, 0.3) is 11.2 Å². The van der Waals surface area contributed by atoms with Crippen molar-refractivity contribution < 1.29 is 27.8 Å². The Labute approximate surface area is 136 Å². The van der Waals surface area contributed by atoms with Crippen LogP contribution in [0.15, 0.2) is 18.5 Å². The molecule has 2 atom stereocenters. The molecule has 130 valence electrons. The molecule has 24 heavy (non-hydrogen) atoms. The summed E-state index contributed by atoms with van der Waals surface area (Å²) in [6.07, 6.45) is 2.64. The van der Waals surface area contributed by atoms with Gasteiger partial charge in [0.25, 0.3) is 11.5 Å². The fourth-order valence-corrected chi connectivity index (χ4v) is 2.82. The lowest BCUT2D eigenvalue weighted by Gasteiger charge is -2.18. The molecule has 0 saturated carbocycles. The van der Waals surface area contributed by atoms with E-state index in [2.05, 4.69) is 15.0 Å². The predicted octanol–water partition coefficient (Wildman–Crippen LogP) is 0.587. The highest BCUT2D eigenvalue weighted by Crippen LogP contribution is 2.46. The molecule has 0 aliphatic carbocycles. The van der Waals surface area contributed by atoms with E-state index in [1.165, 1.54) is 20.5 Å². The van der Waals surface area contributed by atoms with Crippen molar-refractivity contribution in [2.75, 3.05) is 26.3 Å². The molecular weight excluding hydrogens is 341 g/mol. The average Bonchev–Trinajstić information content (AvgIpc) is 3.25. The molecule has 0 bridgehead atoms. The zero-order valence-electron chi connectivity index (χ0n) is 12.9. The minimum Gasteiger partial charge on any atom is -0.740 e. The van der Waals surface area contributed by atoms with Crippen LogP contribution in [0.2, 0.25) is 0 Å². The SMILES string of the molecule is COP(=O)(COC1C=CC(c2nc3nc[nH]c3c(N)[n+]2[O-])O1)OC. The highest BCUT2D eigenvalue weighted by molar-refractivity contribution is 7.53. The van der Waals surface area contributed by atoms with Gasteiger partial charge in [-0.2, -0.15) is 0 Å². The van der Waals surface area contributed by atoms with Crippen LogP contribution < -0.4 is 10.5 Å². The molecule has 2 aromatic heterocycles. The lowest BCUT2D eigenvalue weighted by Crippen LogP contribution is -2.38. The van der Waals surface area contributed by atoms with Crippen molar-refractivity contribution in [2.24, 2.45) is 0 Å². The number of hydrogen-bond donors (Lipinski definition) is 2. The molecule has 3 heterocycles. The second-order valence-electron chi connectivity index (χ2n) is 4.83. The monoisotopic (exact) mass is 357 g/mol. The van der Waals surface area contributed by atoms with E-state index < -0.39 is 20.0 Å². The second-order valence-corrected chi connectivity index (χ2v) is 7.04. The van der Waals surface area contributed by atoms with Crippen LogP contribution >= 0.6 is 7.60 Å². The lowest BCUT2D eigenvalue weighted by molar-refractivity contribution is -0.605. The number of anilines is 1. The Bertz CT molecular complexity index is 816. The smallest absolute Gasteiger partial charge is 0.355 e. The van der Waals surface area contributed by atoms with Crippen molar-refractivity contribution in [3.05, 3.63) is 29.5 Å². The van der Waals surface area contributed by atoms with Gasteiger partial charge in [0, 0.05) is 14.2 Å². The molecule has 11 nitrogen and oxygen atoms in total. The summed E-state index contributed by atoms with van der Waals surface area (Å²) in [7, 11) is -0.804. The number of fused-ring (bicyclic) bond motifs is 1. The summed E-state index contributed by atoms with van der Waals surface area (Å²) in [5, 5.41) is 12.2. The fourth-order valence-electron chi connectivity index (χ4n) is 2.13. The third-order valence-corrected chi connectivity index (χ3v) is 5.03. The van der Waals surface area contributed by atoms with Crippen LogP contribution in [0.3, 0.4) is 0 Å². The average molecular weight is 357 g/mol. The van der Waals surface area contributed by atoms with Gasteiger partial charge >= 0.3 is 7.60 Å². The summed E-state index contributed by atoms with van der Waals surface area (Å²) < 4.78 is 32.8. The molecule has 3 N–H and O–H groups in total. The van der Waals surface area contributed by atoms with Gasteiger partial charge in [-0.15, -0.1) is 0 Å². The number of ether oxygens (including phenoxy) is 2. The van der Waals surface area contributed by atoms with Gasteiger partial charge in [0.2, 0.25) is 5.82 Å². The molecule has 0 spiro atoms. The highest BCUT2D eigenvalue weighted by Gasteiger charge is 2.31. The van der Waals surface area contributed by atoms with Crippen molar-refractivity contribution in [2.45, 2.75) is 12.4 Å². The van der Waals surface area contributed by atoms with Crippen LogP contribution in [-0.4, -0.2) is 41.8 Å². The maximum atomic E-state index is 12.2. The van der Waals surface area contributed by atoms with Crippen molar-refractivity contribution >= 4 is 24.6 Å². The molecule has 0 radical (unpaired) electrons. The molecule has 1 aliphatic rings. The fraction of sp³-hybridized carbons (Fsp3) is 0.417. The first-order chi connectivity index (χ1) is 11.5. The minimum atomic E-state index is -3.32. The zero-order chi connectivity index (χ0) is 17.3. The Hall–Kier alpha value is -2.04. The van der Waals surface area contributed by atoms with E-state index in [0.29, 0.717) is 15.9 Å². The van der Waals surface area contributed by atoms with E-state index in [1.54, 1.807) is 12.2 Å². The van der Waals surface area contributed by atoms with Crippen LogP contribution in [0, 0.1) is 5.21 Å². The largest absolute Gasteiger partial charge is 0.740 e. The number of H-pyrrole nitrogens is 1. The summed E-state index contributed by atoms with van der Waals surface area (Å²) in [4.78, 5) is 10.9. The first-order valence-corrected chi connectivity index (χ1v) is 8.58. The van der Waals surface area contributed by atoms with Crippen molar-refractivity contribution in [3.63, 3.8) is 0 Å². The minimum absolute atomic E-state index is 0.0242. The van der Waals surface area contributed by atoms with Gasteiger partial charge < -0.3 is 34.4 Å². The van der Waals surface area contributed by atoms with Gasteiger partial charge in [-0.1, -0.05) is 4.98 Å². The van der Waals surface area contributed by atoms with E-state index in [1.807, 2.05) is 0 Å². The Morgan fingerprint density at radius 1 is 1.46 bits per heavy atom. The molecule has 12 heteroatoms. The summed E-state index contributed by atoms with van der Waals surface area (Å²) >= 11 is 0. The number of hydrogen-bond acceptors (Lipinski definition) is 9. The number of rotatable bonds is 6.